The molecule has 0 rings (SSSR count). The highest BCUT2D eigenvalue weighted by Gasteiger charge is 2.22. The highest BCUT2D eigenvalue weighted by atomic mass is 31.2. The lowest BCUT2D eigenvalue weighted by Gasteiger charge is -2.14. The Balaban J connectivity index is 5.03. The molecule has 25 heavy (non-hydrogen) atoms. The first kappa shape index (κ1) is 23.2. The standard InChI is InChI=1S/C16H29N4O4P/c1-6-13(10-9-12(4)5)19-16(17)20-14(7-2)15(21)18-11-25(22,23)24-8-3/h9-10,14H,4,6-8,11H2,1-3,5H3,(H2,17,20)(H,18,21)(H,22,23)/b10-9-,19-13?. The van der Waals surface area contributed by atoms with Gasteiger partial charge in [0.1, 0.15) is 12.3 Å². The zero-order valence-electron chi connectivity index (χ0n) is 15.4. The van der Waals surface area contributed by atoms with Crippen LogP contribution in [0.15, 0.2) is 34.3 Å². The van der Waals surface area contributed by atoms with Crippen LogP contribution in [-0.2, 0) is 13.9 Å². The maximum Gasteiger partial charge on any atom is 0.347 e. The molecule has 0 aromatic heterocycles. The quantitative estimate of drug-likeness (QED) is 0.235. The van der Waals surface area contributed by atoms with Gasteiger partial charge in [-0.2, -0.15) is 0 Å². The third-order valence-electron chi connectivity index (χ3n) is 2.94. The number of rotatable bonds is 10. The van der Waals surface area contributed by atoms with Crippen molar-refractivity contribution in [2.24, 2.45) is 15.7 Å². The second-order valence-electron chi connectivity index (χ2n) is 5.30. The molecule has 0 aliphatic carbocycles. The minimum Gasteiger partial charge on any atom is -0.368 e. The van der Waals surface area contributed by atoms with Crippen molar-refractivity contribution in [1.82, 2.24) is 5.32 Å². The minimum absolute atomic E-state index is 0.0257. The molecule has 0 spiro atoms. The van der Waals surface area contributed by atoms with Gasteiger partial charge in [0.2, 0.25) is 11.9 Å². The Morgan fingerprint density at radius 2 is 2.04 bits per heavy atom. The number of nitrogens with two attached hydrogens (primary N) is 1. The van der Waals surface area contributed by atoms with Crippen LogP contribution in [0.2, 0.25) is 0 Å². The van der Waals surface area contributed by atoms with Crippen molar-refractivity contribution in [2.75, 3.05) is 12.9 Å². The number of nitrogens with one attached hydrogen (secondary N) is 1. The number of allylic oxidation sites excluding steroid dienone is 3. The molecular weight excluding hydrogens is 343 g/mol. The third kappa shape index (κ3) is 10.7. The van der Waals surface area contributed by atoms with E-state index in [9.17, 15) is 14.3 Å². The van der Waals surface area contributed by atoms with Gasteiger partial charge in [-0.3, -0.25) is 9.36 Å². The smallest absolute Gasteiger partial charge is 0.347 e. The number of guanidine groups is 1. The van der Waals surface area contributed by atoms with Crippen molar-refractivity contribution in [1.29, 1.82) is 0 Å². The highest BCUT2D eigenvalue weighted by molar-refractivity contribution is 7.52. The maximum atomic E-state index is 12.1. The fourth-order valence-corrected chi connectivity index (χ4v) is 2.54. The molecule has 2 unspecified atom stereocenters. The summed E-state index contributed by atoms with van der Waals surface area (Å²) < 4.78 is 16.3. The van der Waals surface area contributed by atoms with Crippen LogP contribution in [0.5, 0.6) is 0 Å². The summed E-state index contributed by atoms with van der Waals surface area (Å²) in [6, 6.07) is -0.798. The molecule has 0 fully saturated rings. The van der Waals surface area contributed by atoms with Gasteiger partial charge in [0.05, 0.1) is 6.61 Å². The topological polar surface area (TPSA) is 126 Å². The van der Waals surface area contributed by atoms with Gasteiger partial charge in [-0.1, -0.05) is 32.1 Å². The first-order valence-corrected chi connectivity index (χ1v) is 9.89. The average molecular weight is 372 g/mol. The molecule has 0 saturated heterocycles. The monoisotopic (exact) mass is 372 g/mol. The van der Waals surface area contributed by atoms with Crippen LogP contribution in [0.25, 0.3) is 0 Å². The molecule has 0 aliphatic rings. The molecule has 0 heterocycles. The average Bonchev–Trinajstić information content (AvgIpc) is 2.54. The zero-order valence-corrected chi connectivity index (χ0v) is 16.3. The number of hydrogen-bond acceptors (Lipinski definition) is 4. The van der Waals surface area contributed by atoms with Crippen LogP contribution in [-0.4, -0.2) is 41.4 Å². The van der Waals surface area contributed by atoms with Gasteiger partial charge in [-0.05, 0) is 32.8 Å². The van der Waals surface area contributed by atoms with Crippen LogP contribution < -0.4 is 11.1 Å². The summed E-state index contributed by atoms with van der Waals surface area (Å²) in [4.78, 5) is 29.8. The molecule has 0 aromatic rings. The minimum atomic E-state index is -3.83. The number of aliphatic imine (C=N–C) groups is 2. The fourth-order valence-electron chi connectivity index (χ4n) is 1.69. The number of amides is 1. The summed E-state index contributed by atoms with van der Waals surface area (Å²) in [5.41, 5.74) is 7.38. The molecule has 2 atom stereocenters. The van der Waals surface area contributed by atoms with Crippen LogP contribution in [0.4, 0.5) is 0 Å². The SMILES string of the molecule is C=C(C)/C=C\C(CC)=NC(N)=NC(CC)C(=O)NCP(=O)(O)OCC. The largest absolute Gasteiger partial charge is 0.368 e. The summed E-state index contributed by atoms with van der Waals surface area (Å²) in [5, 5.41) is 2.36. The van der Waals surface area contributed by atoms with Gasteiger partial charge in [-0.25, -0.2) is 9.98 Å². The zero-order chi connectivity index (χ0) is 19.5. The van der Waals surface area contributed by atoms with E-state index in [0.717, 1.165) is 5.57 Å². The lowest BCUT2D eigenvalue weighted by molar-refractivity contribution is -0.122. The molecule has 0 aromatic carbocycles. The number of hydrogen-bond donors (Lipinski definition) is 3. The van der Waals surface area contributed by atoms with Crippen molar-refractivity contribution >= 4 is 25.2 Å². The first-order chi connectivity index (χ1) is 11.6. The maximum absolute atomic E-state index is 12.1. The summed E-state index contributed by atoms with van der Waals surface area (Å²) in [6.45, 7) is 11.0. The van der Waals surface area contributed by atoms with E-state index in [4.69, 9.17) is 5.73 Å². The molecule has 142 valence electrons. The molecule has 4 N–H and O–H groups in total. The van der Waals surface area contributed by atoms with E-state index in [0.29, 0.717) is 18.6 Å². The summed E-state index contributed by atoms with van der Waals surface area (Å²) in [6.07, 6.45) is 4.14. The Morgan fingerprint density at radius 3 is 2.52 bits per heavy atom. The second-order valence-corrected chi connectivity index (χ2v) is 7.15. The lowest BCUT2D eigenvalue weighted by Crippen LogP contribution is -2.35. The van der Waals surface area contributed by atoms with Crippen molar-refractivity contribution in [2.45, 2.75) is 46.6 Å². The van der Waals surface area contributed by atoms with Gasteiger partial charge < -0.3 is 20.5 Å². The summed E-state index contributed by atoms with van der Waals surface area (Å²) in [5.74, 6) is -0.535. The van der Waals surface area contributed by atoms with Crippen molar-refractivity contribution in [3.8, 4) is 0 Å². The molecule has 1 amide bonds. The Bertz CT molecular complexity index is 599. The van der Waals surface area contributed by atoms with Gasteiger partial charge >= 0.3 is 7.60 Å². The predicted molar refractivity (Wildman–Crippen MR) is 102 cm³/mol. The third-order valence-corrected chi connectivity index (χ3v) is 4.16. The number of carbonyl (C=O) groups is 1. The normalized spacial score (nSPS) is 16.5. The molecule has 9 heteroatoms. The van der Waals surface area contributed by atoms with Crippen molar-refractivity contribution in [3.05, 3.63) is 24.3 Å². The summed E-state index contributed by atoms with van der Waals surface area (Å²) >= 11 is 0. The van der Waals surface area contributed by atoms with E-state index in [2.05, 4.69) is 26.4 Å². The Labute approximate surface area is 149 Å². The Morgan fingerprint density at radius 1 is 1.40 bits per heavy atom. The van der Waals surface area contributed by atoms with Gasteiger partial charge in [-0.15, -0.1) is 0 Å². The van der Waals surface area contributed by atoms with Gasteiger partial charge in [0.15, 0.2) is 0 Å². The van der Waals surface area contributed by atoms with Crippen molar-refractivity contribution < 1.29 is 18.8 Å². The Kier molecular flexibility index (Phi) is 10.9. The predicted octanol–water partition coefficient (Wildman–Crippen LogP) is 2.36. The highest BCUT2D eigenvalue weighted by Crippen LogP contribution is 2.39. The van der Waals surface area contributed by atoms with Crippen LogP contribution in [0, 0.1) is 0 Å². The fraction of sp³-hybridized carbons (Fsp3) is 0.562. The van der Waals surface area contributed by atoms with E-state index in [-0.39, 0.29) is 12.6 Å². The van der Waals surface area contributed by atoms with E-state index in [1.165, 1.54) is 0 Å². The molecule has 8 nitrogen and oxygen atoms in total. The molecular formula is C16H29N4O4P. The van der Waals surface area contributed by atoms with E-state index >= 15 is 0 Å². The van der Waals surface area contributed by atoms with Crippen molar-refractivity contribution in [3.63, 3.8) is 0 Å². The molecule has 0 aliphatic heterocycles. The van der Waals surface area contributed by atoms with E-state index in [1.807, 2.05) is 19.9 Å². The first-order valence-electron chi connectivity index (χ1n) is 8.13. The second kappa shape index (κ2) is 11.7. The van der Waals surface area contributed by atoms with Crippen LogP contribution in [0.1, 0.15) is 40.5 Å². The van der Waals surface area contributed by atoms with Gasteiger partial charge in [0.25, 0.3) is 0 Å². The van der Waals surface area contributed by atoms with Crippen LogP contribution >= 0.6 is 7.60 Å². The van der Waals surface area contributed by atoms with E-state index < -0.39 is 25.8 Å². The molecule has 0 saturated carbocycles. The van der Waals surface area contributed by atoms with E-state index in [1.54, 1.807) is 19.9 Å². The summed E-state index contributed by atoms with van der Waals surface area (Å²) in [7, 11) is -3.83. The van der Waals surface area contributed by atoms with Gasteiger partial charge in [0, 0.05) is 5.71 Å². The molecule has 0 radical (unpaired) electrons. The van der Waals surface area contributed by atoms with Crippen LogP contribution in [0.3, 0.4) is 0 Å². The number of carbonyl (C=O) groups excluding carboxylic acids is 1. The molecule has 0 bridgehead atoms. The Hall–Kier alpha value is -1.76. The lowest BCUT2D eigenvalue weighted by atomic mass is 10.2. The number of nitrogens with zero attached hydrogens (tertiary/aromatic N) is 2.